The minimum atomic E-state index is 0.383. The van der Waals surface area contributed by atoms with Gasteiger partial charge >= 0.3 is 0 Å². The maximum absolute atomic E-state index is 9.82. The van der Waals surface area contributed by atoms with Crippen molar-refractivity contribution >= 4 is 0 Å². The molecule has 1 nitrogen and oxygen atoms in total. The third-order valence-corrected chi connectivity index (χ3v) is 7.77. The predicted octanol–water partition coefficient (Wildman–Crippen LogP) is 6.22. The SMILES string of the molecule is C=C1C(CCCC)CC2C3CCc4cc(O)ccc4C3CC[C@]12C. The van der Waals surface area contributed by atoms with Gasteiger partial charge in [-0.2, -0.15) is 0 Å². The predicted molar refractivity (Wildman–Crippen MR) is 100 cm³/mol. The quantitative estimate of drug-likeness (QED) is 0.654. The third-order valence-electron chi connectivity index (χ3n) is 7.77. The monoisotopic (exact) mass is 324 g/mol. The molecule has 3 aliphatic carbocycles. The van der Waals surface area contributed by atoms with Crippen molar-refractivity contribution in [2.24, 2.45) is 23.2 Å². The highest BCUT2D eigenvalue weighted by atomic mass is 16.3. The van der Waals surface area contributed by atoms with E-state index in [9.17, 15) is 5.11 Å². The van der Waals surface area contributed by atoms with E-state index in [0.29, 0.717) is 17.1 Å². The average Bonchev–Trinajstić information content (AvgIpc) is 2.84. The Morgan fingerprint density at radius 3 is 2.92 bits per heavy atom. The molecule has 130 valence electrons. The molecule has 3 aliphatic rings. The molecular formula is C23H32O. The number of phenolic OH excluding ortho intramolecular Hbond substituents is 1. The fourth-order valence-corrected chi connectivity index (χ4v) is 6.38. The number of fused-ring (bicyclic) bond motifs is 5. The van der Waals surface area contributed by atoms with Crippen LogP contribution < -0.4 is 0 Å². The van der Waals surface area contributed by atoms with Gasteiger partial charge in [-0.25, -0.2) is 0 Å². The molecule has 0 bridgehead atoms. The lowest BCUT2D eigenvalue weighted by Crippen LogP contribution is -2.40. The molecular weight excluding hydrogens is 292 g/mol. The largest absolute Gasteiger partial charge is 0.508 e. The van der Waals surface area contributed by atoms with Crippen LogP contribution in [0.3, 0.4) is 0 Å². The second-order valence-corrected chi connectivity index (χ2v) is 8.85. The summed E-state index contributed by atoms with van der Waals surface area (Å²) in [6.45, 7) is 9.43. The molecule has 1 heteroatoms. The van der Waals surface area contributed by atoms with E-state index in [2.05, 4.69) is 26.5 Å². The topological polar surface area (TPSA) is 20.2 Å². The first kappa shape index (κ1) is 16.2. The highest BCUT2D eigenvalue weighted by molar-refractivity contribution is 5.41. The second-order valence-electron chi connectivity index (χ2n) is 8.85. The van der Waals surface area contributed by atoms with Gasteiger partial charge in [0.05, 0.1) is 0 Å². The molecule has 0 amide bonds. The van der Waals surface area contributed by atoms with Gasteiger partial charge in [-0.1, -0.05) is 44.9 Å². The summed E-state index contributed by atoms with van der Waals surface area (Å²) in [5.41, 5.74) is 4.90. The van der Waals surface area contributed by atoms with Gasteiger partial charge in [0.25, 0.3) is 0 Å². The fraction of sp³-hybridized carbons (Fsp3) is 0.652. The lowest BCUT2D eigenvalue weighted by molar-refractivity contribution is 0.0808. The van der Waals surface area contributed by atoms with Crippen LogP contribution in [0.2, 0.25) is 0 Å². The molecule has 0 aromatic heterocycles. The van der Waals surface area contributed by atoms with Gasteiger partial charge in [0.15, 0.2) is 0 Å². The van der Waals surface area contributed by atoms with E-state index in [4.69, 9.17) is 0 Å². The Balaban J connectivity index is 1.62. The molecule has 0 saturated heterocycles. The molecule has 4 unspecified atom stereocenters. The first-order valence-electron chi connectivity index (χ1n) is 10.1. The Kier molecular flexibility index (Phi) is 4.01. The summed E-state index contributed by atoms with van der Waals surface area (Å²) >= 11 is 0. The van der Waals surface area contributed by atoms with Crippen molar-refractivity contribution in [2.75, 3.05) is 0 Å². The van der Waals surface area contributed by atoms with Crippen LogP contribution in [0.5, 0.6) is 5.75 Å². The highest BCUT2D eigenvalue weighted by Crippen LogP contribution is 2.64. The van der Waals surface area contributed by atoms with E-state index >= 15 is 0 Å². The summed E-state index contributed by atoms with van der Waals surface area (Å²) in [5, 5.41) is 9.82. The molecule has 1 aromatic carbocycles. The van der Waals surface area contributed by atoms with E-state index in [1.54, 1.807) is 5.57 Å². The van der Waals surface area contributed by atoms with Crippen molar-refractivity contribution in [3.63, 3.8) is 0 Å². The summed E-state index contributed by atoms with van der Waals surface area (Å²) in [6, 6.07) is 6.12. The normalized spacial score (nSPS) is 37.7. The molecule has 1 N–H and O–H groups in total. The molecule has 4 rings (SSSR count). The molecule has 24 heavy (non-hydrogen) atoms. The van der Waals surface area contributed by atoms with Gasteiger partial charge in [0.2, 0.25) is 0 Å². The summed E-state index contributed by atoms with van der Waals surface area (Å²) in [6.07, 6.45) is 10.4. The van der Waals surface area contributed by atoms with Crippen molar-refractivity contribution in [2.45, 2.75) is 71.1 Å². The van der Waals surface area contributed by atoms with E-state index in [0.717, 1.165) is 24.2 Å². The van der Waals surface area contributed by atoms with Crippen LogP contribution in [0, 0.1) is 23.2 Å². The van der Waals surface area contributed by atoms with E-state index in [1.807, 2.05) is 12.1 Å². The first-order valence-corrected chi connectivity index (χ1v) is 10.1. The molecule has 0 radical (unpaired) electrons. The smallest absolute Gasteiger partial charge is 0.115 e. The number of aryl methyl sites for hydroxylation is 1. The maximum Gasteiger partial charge on any atom is 0.115 e. The minimum Gasteiger partial charge on any atom is -0.508 e. The molecule has 2 fully saturated rings. The van der Waals surface area contributed by atoms with Gasteiger partial charge in [0.1, 0.15) is 5.75 Å². The maximum atomic E-state index is 9.82. The van der Waals surface area contributed by atoms with Crippen LogP contribution in [0.4, 0.5) is 0 Å². The van der Waals surface area contributed by atoms with Gasteiger partial charge < -0.3 is 5.11 Å². The first-order chi connectivity index (χ1) is 11.5. The Hall–Kier alpha value is -1.24. The molecule has 0 heterocycles. The number of unbranched alkanes of at least 4 members (excludes halogenated alkanes) is 1. The number of phenols is 1. The van der Waals surface area contributed by atoms with Crippen LogP contribution in [0.25, 0.3) is 0 Å². The van der Waals surface area contributed by atoms with Crippen LogP contribution >= 0.6 is 0 Å². The van der Waals surface area contributed by atoms with E-state index in [-0.39, 0.29) is 0 Å². The van der Waals surface area contributed by atoms with E-state index < -0.39 is 0 Å². The van der Waals surface area contributed by atoms with Crippen LogP contribution in [-0.2, 0) is 6.42 Å². The van der Waals surface area contributed by atoms with Crippen LogP contribution in [-0.4, -0.2) is 5.11 Å². The molecule has 5 atom stereocenters. The lowest BCUT2D eigenvalue weighted by Gasteiger charge is -2.49. The Morgan fingerprint density at radius 1 is 1.29 bits per heavy atom. The Morgan fingerprint density at radius 2 is 2.12 bits per heavy atom. The van der Waals surface area contributed by atoms with Gasteiger partial charge in [-0.15, -0.1) is 0 Å². The number of rotatable bonds is 3. The molecule has 1 aromatic rings. The molecule has 0 spiro atoms. The zero-order valence-electron chi connectivity index (χ0n) is 15.4. The van der Waals surface area contributed by atoms with Crippen molar-refractivity contribution in [3.05, 3.63) is 41.5 Å². The average molecular weight is 325 g/mol. The summed E-state index contributed by atoms with van der Waals surface area (Å²) in [4.78, 5) is 0. The van der Waals surface area contributed by atoms with Gasteiger partial charge in [0, 0.05) is 0 Å². The number of hydrogen-bond acceptors (Lipinski definition) is 1. The number of allylic oxidation sites excluding steroid dienone is 1. The summed E-state index contributed by atoms with van der Waals surface area (Å²) < 4.78 is 0. The molecule has 0 aliphatic heterocycles. The Labute approximate surface area is 147 Å². The van der Waals surface area contributed by atoms with Gasteiger partial charge in [-0.05, 0) is 90.9 Å². The minimum absolute atomic E-state index is 0.383. The lowest BCUT2D eigenvalue weighted by atomic mass is 9.55. The van der Waals surface area contributed by atoms with Crippen molar-refractivity contribution in [1.29, 1.82) is 0 Å². The van der Waals surface area contributed by atoms with Crippen LogP contribution in [0.15, 0.2) is 30.4 Å². The number of aromatic hydroxyl groups is 1. The summed E-state index contributed by atoms with van der Waals surface area (Å²) in [5.74, 6) is 3.56. The van der Waals surface area contributed by atoms with E-state index in [1.165, 1.54) is 56.1 Å². The number of benzene rings is 1. The zero-order valence-corrected chi connectivity index (χ0v) is 15.4. The number of hydrogen-bond donors (Lipinski definition) is 1. The summed E-state index contributed by atoms with van der Waals surface area (Å²) in [7, 11) is 0. The zero-order chi connectivity index (χ0) is 16.9. The molecule has 2 saturated carbocycles. The standard InChI is InChI=1S/C23H32O/c1-4-5-6-16-14-22-21-9-7-17-13-18(24)8-10-19(17)20(21)11-12-23(22,3)15(16)2/h8,10,13,16,20-22,24H,2,4-7,9,11-12,14H2,1,3H3/t16?,20?,21?,22?,23-/m1/s1. The third kappa shape index (κ3) is 2.35. The van der Waals surface area contributed by atoms with Crippen molar-refractivity contribution in [3.8, 4) is 5.75 Å². The highest BCUT2D eigenvalue weighted by Gasteiger charge is 2.54. The fourth-order valence-electron chi connectivity index (χ4n) is 6.38. The Bertz CT molecular complexity index is 645. The van der Waals surface area contributed by atoms with Crippen molar-refractivity contribution < 1.29 is 5.11 Å². The van der Waals surface area contributed by atoms with Crippen LogP contribution in [0.1, 0.15) is 75.8 Å². The second kappa shape index (κ2) is 5.93. The van der Waals surface area contributed by atoms with Crippen molar-refractivity contribution in [1.82, 2.24) is 0 Å². The van der Waals surface area contributed by atoms with Gasteiger partial charge in [-0.3, -0.25) is 0 Å².